The maximum atomic E-state index is 11.6. The normalized spacial score (nSPS) is 11.7. The summed E-state index contributed by atoms with van der Waals surface area (Å²) in [5.74, 6) is -1.36. The van der Waals surface area contributed by atoms with Crippen LogP contribution in [0.25, 0.3) is 0 Å². The van der Waals surface area contributed by atoms with Gasteiger partial charge >= 0.3 is 11.8 Å². The van der Waals surface area contributed by atoms with Crippen LogP contribution in [0.15, 0.2) is 53.3 Å². The Morgan fingerprint density at radius 3 is 2.39 bits per heavy atom. The number of carbonyl (C=O) groups excluding carboxylic acids is 2. The van der Waals surface area contributed by atoms with Crippen LogP contribution >= 0.6 is 0 Å². The largest absolute Gasteiger partial charge is 0.472 e. The summed E-state index contributed by atoms with van der Waals surface area (Å²) in [4.78, 5) is 23.3. The summed E-state index contributed by atoms with van der Waals surface area (Å²) in [7, 11) is 0. The van der Waals surface area contributed by atoms with Crippen molar-refractivity contribution in [3.8, 4) is 0 Å². The highest BCUT2D eigenvalue weighted by atomic mass is 16.3. The smallest absolute Gasteiger partial charge is 0.309 e. The molecule has 2 rings (SSSR count). The number of hydrogen-bond acceptors (Lipinski definition) is 4. The van der Waals surface area contributed by atoms with Crippen LogP contribution in [-0.4, -0.2) is 30.0 Å². The number of carbonyl (C=O) groups is 2. The summed E-state index contributed by atoms with van der Waals surface area (Å²) in [5, 5.41) is 14.9. The lowest BCUT2D eigenvalue weighted by molar-refractivity contribution is -0.139. The number of hydrogen-bond donors (Lipinski definition) is 3. The fraction of sp³-hybridized carbons (Fsp3) is 0.294. The number of aliphatic hydroxyl groups is 1. The summed E-state index contributed by atoms with van der Waals surface area (Å²) < 4.78 is 4.87. The minimum atomic E-state index is -0.727. The highest BCUT2D eigenvalue weighted by Crippen LogP contribution is 2.15. The molecular weight excluding hydrogens is 296 g/mol. The Balaban J connectivity index is 1.62. The van der Waals surface area contributed by atoms with Crippen molar-refractivity contribution < 1.29 is 19.1 Å². The molecule has 0 bridgehead atoms. The van der Waals surface area contributed by atoms with Gasteiger partial charge in [-0.05, 0) is 24.5 Å². The zero-order chi connectivity index (χ0) is 16.5. The zero-order valence-electron chi connectivity index (χ0n) is 12.7. The van der Waals surface area contributed by atoms with Crippen molar-refractivity contribution in [2.45, 2.75) is 18.9 Å². The van der Waals surface area contributed by atoms with Crippen molar-refractivity contribution >= 4 is 11.8 Å². The van der Waals surface area contributed by atoms with Crippen molar-refractivity contribution in [1.82, 2.24) is 10.6 Å². The van der Waals surface area contributed by atoms with Gasteiger partial charge in [-0.25, -0.2) is 0 Å². The van der Waals surface area contributed by atoms with Gasteiger partial charge in [-0.1, -0.05) is 30.3 Å². The highest BCUT2D eigenvalue weighted by Gasteiger charge is 2.14. The Labute approximate surface area is 134 Å². The van der Waals surface area contributed by atoms with Crippen LogP contribution in [-0.2, 0) is 16.0 Å². The zero-order valence-corrected chi connectivity index (χ0v) is 12.7. The van der Waals surface area contributed by atoms with Crippen LogP contribution in [0, 0.1) is 0 Å². The molecule has 3 N–H and O–H groups in total. The van der Waals surface area contributed by atoms with Crippen LogP contribution in [0.5, 0.6) is 0 Å². The fourth-order valence-electron chi connectivity index (χ4n) is 2.08. The third-order valence-electron chi connectivity index (χ3n) is 3.38. The van der Waals surface area contributed by atoms with Crippen molar-refractivity contribution in [3.63, 3.8) is 0 Å². The molecule has 122 valence electrons. The Hall–Kier alpha value is -2.60. The van der Waals surface area contributed by atoms with Gasteiger partial charge in [-0.2, -0.15) is 0 Å². The lowest BCUT2D eigenvalue weighted by Gasteiger charge is -2.09. The second-order valence-electron chi connectivity index (χ2n) is 5.11. The third kappa shape index (κ3) is 5.60. The van der Waals surface area contributed by atoms with Gasteiger partial charge in [0.15, 0.2) is 0 Å². The molecule has 0 unspecified atom stereocenters. The maximum absolute atomic E-state index is 11.6. The molecule has 1 atom stereocenters. The molecule has 0 radical (unpaired) electrons. The first-order chi connectivity index (χ1) is 11.2. The second-order valence-corrected chi connectivity index (χ2v) is 5.11. The van der Waals surface area contributed by atoms with E-state index in [9.17, 15) is 14.7 Å². The predicted octanol–water partition coefficient (Wildman–Crippen LogP) is 1.18. The molecule has 1 heterocycles. The average Bonchev–Trinajstić information content (AvgIpc) is 3.10. The first-order valence-corrected chi connectivity index (χ1v) is 7.47. The second kappa shape index (κ2) is 8.75. The number of nitrogens with one attached hydrogen (secondary N) is 2. The SMILES string of the molecule is O=C(NCCc1ccccc1)C(=O)NCC[C@@H](O)c1ccoc1. The Morgan fingerprint density at radius 1 is 1.04 bits per heavy atom. The van der Waals surface area contributed by atoms with Crippen LogP contribution < -0.4 is 10.6 Å². The molecule has 0 fully saturated rings. The molecule has 0 aliphatic heterocycles. The molecule has 0 aliphatic rings. The van der Waals surface area contributed by atoms with Gasteiger partial charge in [0.25, 0.3) is 0 Å². The number of rotatable bonds is 7. The van der Waals surface area contributed by atoms with Crippen LogP contribution in [0.4, 0.5) is 0 Å². The fourth-order valence-corrected chi connectivity index (χ4v) is 2.08. The van der Waals surface area contributed by atoms with Crippen LogP contribution in [0.3, 0.4) is 0 Å². The molecule has 1 aromatic heterocycles. The van der Waals surface area contributed by atoms with Crippen LogP contribution in [0.2, 0.25) is 0 Å². The molecule has 6 nitrogen and oxygen atoms in total. The van der Waals surface area contributed by atoms with E-state index in [1.54, 1.807) is 6.07 Å². The molecule has 1 aromatic carbocycles. The van der Waals surface area contributed by atoms with E-state index in [0.717, 1.165) is 5.56 Å². The monoisotopic (exact) mass is 316 g/mol. The topological polar surface area (TPSA) is 91.6 Å². The van der Waals surface area contributed by atoms with Gasteiger partial charge < -0.3 is 20.2 Å². The van der Waals surface area contributed by atoms with Crippen molar-refractivity contribution in [2.75, 3.05) is 13.1 Å². The van der Waals surface area contributed by atoms with Gasteiger partial charge in [0.2, 0.25) is 0 Å². The summed E-state index contributed by atoms with van der Waals surface area (Å²) in [6.45, 7) is 0.602. The van der Waals surface area contributed by atoms with Crippen LogP contribution in [0.1, 0.15) is 23.7 Å². The van der Waals surface area contributed by atoms with E-state index in [2.05, 4.69) is 10.6 Å². The molecule has 0 spiro atoms. The number of amides is 2. The van der Waals surface area contributed by atoms with Crippen molar-refractivity contribution in [3.05, 3.63) is 60.1 Å². The summed E-state index contributed by atoms with van der Waals surface area (Å²) in [6, 6.07) is 11.4. The van der Waals surface area contributed by atoms with E-state index < -0.39 is 17.9 Å². The molecule has 6 heteroatoms. The number of benzene rings is 1. The van der Waals surface area contributed by atoms with Gasteiger partial charge in [-0.15, -0.1) is 0 Å². The van der Waals surface area contributed by atoms with E-state index >= 15 is 0 Å². The minimum absolute atomic E-state index is 0.206. The van der Waals surface area contributed by atoms with Crippen molar-refractivity contribution in [2.24, 2.45) is 0 Å². The van der Waals surface area contributed by atoms with Gasteiger partial charge in [-0.3, -0.25) is 9.59 Å². The average molecular weight is 316 g/mol. The molecule has 23 heavy (non-hydrogen) atoms. The predicted molar refractivity (Wildman–Crippen MR) is 84.5 cm³/mol. The van der Waals surface area contributed by atoms with E-state index in [1.807, 2.05) is 30.3 Å². The van der Waals surface area contributed by atoms with Crippen molar-refractivity contribution in [1.29, 1.82) is 0 Å². The summed E-state index contributed by atoms with van der Waals surface area (Å²) in [6.07, 6.45) is 3.16. The van der Waals surface area contributed by atoms with Gasteiger partial charge in [0.05, 0.1) is 18.6 Å². The molecule has 0 saturated heterocycles. The first kappa shape index (κ1) is 16.8. The Kier molecular flexibility index (Phi) is 6.38. The first-order valence-electron chi connectivity index (χ1n) is 7.47. The van der Waals surface area contributed by atoms with Gasteiger partial charge in [0.1, 0.15) is 0 Å². The molecule has 2 amide bonds. The van der Waals surface area contributed by atoms with E-state index in [4.69, 9.17) is 4.42 Å². The third-order valence-corrected chi connectivity index (χ3v) is 3.38. The molecule has 0 saturated carbocycles. The highest BCUT2D eigenvalue weighted by molar-refractivity contribution is 6.35. The maximum Gasteiger partial charge on any atom is 0.309 e. The molecule has 2 aromatic rings. The standard InChI is InChI=1S/C17H20N2O4/c20-15(14-8-11-23-12-14)7-10-19-17(22)16(21)18-9-6-13-4-2-1-3-5-13/h1-5,8,11-12,15,20H,6-7,9-10H2,(H,18,21)(H,19,22)/t15-/m1/s1. The minimum Gasteiger partial charge on any atom is -0.472 e. The molecular formula is C17H20N2O4. The van der Waals surface area contributed by atoms with Gasteiger partial charge in [0, 0.05) is 18.7 Å². The Bertz CT molecular complexity index is 611. The number of furan rings is 1. The number of aliphatic hydroxyl groups excluding tert-OH is 1. The van der Waals surface area contributed by atoms with E-state index in [0.29, 0.717) is 24.9 Å². The lowest BCUT2D eigenvalue weighted by atomic mass is 10.1. The summed E-state index contributed by atoms with van der Waals surface area (Å²) >= 11 is 0. The summed E-state index contributed by atoms with van der Waals surface area (Å²) in [5.41, 5.74) is 1.74. The lowest BCUT2D eigenvalue weighted by Crippen LogP contribution is -2.41. The van der Waals surface area contributed by atoms with E-state index in [-0.39, 0.29) is 6.54 Å². The quantitative estimate of drug-likeness (QED) is 0.669. The van der Waals surface area contributed by atoms with E-state index in [1.165, 1.54) is 12.5 Å². The Morgan fingerprint density at radius 2 is 1.74 bits per heavy atom. The molecule has 0 aliphatic carbocycles.